The van der Waals surface area contributed by atoms with E-state index < -0.39 is 0 Å². The number of piperazine rings is 1. The molecule has 4 nitrogen and oxygen atoms in total. The van der Waals surface area contributed by atoms with E-state index >= 15 is 0 Å². The number of urea groups is 1. The largest absolute Gasteiger partial charge is 0.368 e. The van der Waals surface area contributed by atoms with Gasteiger partial charge < -0.3 is 15.1 Å². The zero-order valence-electron chi connectivity index (χ0n) is 14.4. The van der Waals surface area contributed by atoms with Gasteiger partial charge in [0.05, 0.1) is 10.7 Å². The number of benzene rings is 2. The van der Waals surface area contributed by atoms with Crippen molar-refractivity contribution in [3.8, 4) is 0 Å². The molecule has 6 heteroatoms. The van der Waals surface area contributed by atoms with Crippen LogP contribution in [0.5, 0.6) is 0 Å². The molecule has 0 saturated carbocycles. The fraction of sp³-hybridized carbons (Fsp3) is 0.316. The van der Waals surface area contributed by atoms with E-state index in [9.17, 15) is 4.79 Å². The highest BCUT2D eigenvalue weighted by molar-refractivity contribution is 6.36. The normalized spacial score (nSPS) is 14.6. The third-order valence-corrected chi connectivity index (χ3v) is 5.04. The molecule has 3 rings (SSSR count). The lowest BCUT2D eigenvalue weighted by Crippen LogP contribution is -2.50. The molecule has 2 amide bonds. The molecule has 132 valence electrons. The number of nitrogens with zero attached hydrogens (tertiary/aromatic N) is 2. The minimum absolute atomic E-state index is 0.134. The molecule has 0 radical (unpaired) electrons. The van der Waals surface area contributed by atoms with Gasteiger partial charge in [-0.2, -0.15) is 0 Å². The van der Waals surface area contributed by atoms with Crippen LogP contribution in [0.25, 0.3) is 0 Å². The van der Waals surface area contributed by atoms with Crippen LogP contribution >= 0.6 is 23.2 Å². The molecule has 2 aromatic carbocycles. The Labute approximate surface area is 158 Å². The summed E-state index contributed by atoms with van der Waals surface area (Å²) in [6, 6.07) is 11.3. The topological polar surface area (TPSA) is 35.6 Å². The van der Waals surface area contributed by atoms with Crippen molar-refractivity contribution in [3.05, 3.63) is 57.6 Å². The van der Waals surface area contributed by atoms with Gasteiger partial charge in [0.1, 0.15) is 0 Å². The summed E-state index contributed by atoms with van der Waals surface area (Å²) in [6.07, 6.45) is 0. The van der Waals surface area contributed by atoms with Gasteiger partial charge in [-0.15, -0.1) is 0 Å². The molecular formula is C19H21Cl2N3O. The number of para-hydroxylation sites is 1. The zero-order chi connectivity index (χ0) is 18.0. The van der Waals surface area contributed by atoms with Crippen LogP contribution in [0, 0.1) is 13.8 Å². The second-order valence-electron chi connectivity index (χ2n) is 6.27. The highest BCUT2D eigenvalue weighted by atomic mass is 35.5. The maximum Gasteiger partial charge on any atom is 0.322 e. The first-order valence-corrected chi connectivity index (χ1v) is 9.03. The maximum absolute atomic E-state index is 12.5. The molecule has 2 aromatic rings. The molecule has 25 heavy (non-hydrogen) atoms. The van der Waals surface area contributed by atoms with Crippen LogP contribution in [-0.4, -0.2) is 37.1 Å². The fourth-order valence-electron chi connectivity index (χ4n) is 3.22. The molecule has 1 heterocycles. The van der Waals surface area contributed by atoms with Gasteiger partial charge in [-0.3, -0.25) is 0 Å². The highest BCUT2D eigenvalue weighted by Gasteiger charge is 2.23. The second-order valence-corrected chi connectivity index (χ2v) is 7.11. The van der Waals surface area contributed by atoms with Gasteiger partial charge in [0.25, 0.3) is 0 Å². The van der Waals surface area contributed by atoms with Crippen LogP contribution in [-0.2, 0) is 0 Å². The summed E-state index contributed by atoms with van der Waals surface area (Å²) in [5.41, 5.74) is 4.40. The molecule has 0 bridgehead atoms. The smallest absolute Gasteiger partial charge is 0.322 e. The minimum atomic E-state index is -0.134. The van der Waals surface area contributed by atoms with Crippen LogP contribution in [0.1, 0.15) is 11.1 Å². The first kappa shape index (κ1) is 17.9. The summed E-state index contributed by atoms with van der Waals surface area (Å²) in [7, 11) is 0. The van der Waals surface area contributed by atoms with E-state index in [1.54, 1.807) is 18.2 Å². The van der Waals surface area contributed by atoms with Crippen molar-refractivity contribution in [2.75, 3.05) is 36.4 Å². The number of aryl methyl sites for hydroxylation is 2. The Kier molecular flexibility index (Phi) is 5.40. The number of hydrogen-bond donors (Lipinski definition) is 1. The average molecular weight is 378 g/mol. The zero-order valence-corrected chi connectivity index (χ0v) is 15.9. The summed E-state index contributed by atoms with van der Waals surface area (Å²) in [6.45, 7) is 7.23. The van der Waals surface area contributed by atoms with Crippen LogP contribution in [0.2, 0.25) is 10.0 Å². The average Bonchev–Trinajstić information content (AvgIpc) is 2.58. The van der Waals surface area contributed by atoms with Gasteiger partial charge >= 0.3 is 6.03 Å². The van der Waals surface area contributed by atoms with Crippen molar-refractivity contribution in [1.82, 2.24) is 4.90 Å². The van der Waals surface area contributed by atoms with Gasteiger partial charge in [0.15, 0.2) is 0 Å². The third kappa shape index (κ3) is 4.02. The van der Waals surface area contributed by atoms with Crippen molar-refractivity contribution in [2.45, 2.75) is 13.8 Å². The number of amides is 2. The van der Waals surface area contributed by atoms with Crippen molar-refractivity contribution in [2.24, 2.45) is 0 Å². The molecule has 1 fully saturated rings. The van der Waals surface area contributed by atoms with E-state index in [2.05, 4.69) is 42.3 Å². The Hall–Kier alpha value is -1.91. The number of hydrogen-bond acceptors (Lipinski definition) is 2. The number of anilines is 2. The SMILES string of the molecule is Cc1cccc(C)c1N1CCN(C(=O)Nc2ccc(Cl)cc2Cl)CC1. The number of carbonyl (C=O) groups is 1. The third-order valence-electron chi connectivity index (χ3n) is 4.50. The Morgan fingerprint density at radius 1 is 1.00 bits per heavy atom. The first-order valence-electron chi connectivity index (χ1n) is 8.28. The van der Waals surface area contributed by atoms with E-state index in [4.69, 9.17) is 23.2 Å². The molecule has 1 aliphatic rings. The molecule has 1 aliphatic heterocycles. The Bertz CT molecular complexity index is 766. The predicted molar refractivity (Wildman–Crippen MR) is 105 cm³/mol. The monoisotopic (exact) mass is 377 g/mol. The standard InChI is InChI=1S/C19H21Cl2N3O/c1-13-4-3-5-14(2)18(13)23-8-10-24(11-9-23)19(25)22-17-7-6-15(20)12-16(17)21/h3-7,12H,8-11H2,1-2H3,(H,22,25). The first-order chi connectivity index (χ1) is 12.0. The van der Waals surface area contributed by atoms with Gasteiger partial charge in [-0.05, 0) is 43.2 Å². The molecule has 0 atom stereocenters. The maximum atomic E-state index is 12.5. The van der Waals surface area contributed by atoms with Crippen LogP contribution in [0.3, 0.4) is 0 Å². The van der Waals surface area contributed by atoms with E-state index in [-0.39, 0.29) is 6.03 Å². The van der Waals surface area contributed by atoms with Gasteiger partial charge in [0, 0.05) is 36.9 Å². The Morgan fingerprint density at radius 2 is 1.64 bits per heavy atom. The number of nitrogens with one attached hydrogen (secondary N) is 1. The van der Waals surface area contributed by atoms with E-state index in [1.165, 1.54) is 16.8 Å². The predicted octanol–water partition coefficient (Wildman–Crippen LogP) is 4.96. The van der Waals surface area contributed by atoms with Gasteiger partial charge in [0.2, 0.25) is 0 Å². The van der Waals surface area contributed by atoms with Crippen molar-refractivity contribution in [3.63, 3.8) is 0 Å². The summed E-state index contributed by atoms with van der Waals surface area (Å²) >= 11 is 12.0. The lowest BCUT2D eigenvalue weighted by Gasteiger charge is -2.37. The Morgan fingerprint density at radius 3 is 2.24 bits per heavy atom. The molecular weight excluding hydrogens is 357 g/mol. The van der Waals surface area contributed by atoms with Crippen molar-refractivity contribution in [1.29, 1.82) is 0 Å². The highest BCUT2D eigenvalue weighted by Crippen LogP contribution is 2.27. The summed E-state index contributed by atoms with van der Waals surface area (Å²) in [5, 5.41) is 3.85. The van der Waals surface area contributed by atoms with E-state index in [0.29, 0.717) is 28.8 Å². The summed E-state index contributed by atoms with van der Waals surface area (Å²) in [5.74, 6) is 0. The van der Waals surface area contributed by atoms with Gasteiger partial charge in [-0.1, -0.05) is 41.4 Å². The quantitative estimate of drug-likeness (QED) is 0.801. The van der Waals surface area contributed by atoms with Crippen molar-refractivity contribution >= 4 is 40.6 Å². The lowest BCUT2D eigenvalue weighted by atomic mass is 10.1. The molecule has 0 spiro atoms. The number of carbonyl (C=O) groups excluding carboxylic acids is 1. The van der Waals surface area contributed by atoms with Crippen LogP contribution in [0.15, 0.2) is 36.4 Å². The molecule has 1 saturated heterocycles. The van der Waals surface area contributed by atoms with E-state index in [1.807, 2.05) is 4.90 Å². The molecule has 0 aliphatic carbocycles. The summed E-state index contributed by atoms with van der Waals surface area (Å²) in [4.78, 5) is 16.7. The molecule has 0 aromatic heterocycles. The lowest BCUT2D eigenvalue weighted by molar-refractivity contribution is 0.208. The van der Waals surface area contributed by atoms with Gasteiger partial charge in [-0.25, -0.2) is 4.79 Å². The minimum Gasteiger partial charge on any atom is -0.368 e. The fourth-order valence-corrected chi connectivity index (χ4v) is 3.68. The van der Waals surface area contributed by atoms with E-state index in [0.717, 1.165) is 13.1 Å². The van der Waals surface area contributed by atoms with Crippen molar-refractivity contribution < 1.29 is 4.79 Å². The molecule has 0 unspecified atom stereocenters. The summed E-state index contributed by atoms with van der Waals surface area (Å²) < 4.78 is 0. The number of rotatable bonds is 2. The van der Waals surface area contributed by atoms with Crippen LogP contribution in [0.4, 0.5) is 16.2 Å². The van der Waals surface area contributed by atoms with Crippen LogP contribution < -0.4 is 10.2 Å². The number of halogens is 2. The second kappa shape index (κ2) is 7.54. The molecule has 1 N–H and O–H groups in total. The Balaban J connectivity index is 1.63.